The first-order valence-electron chi connectivity index (χ1n) is 6.84. The molecule has 0 atom stereocenters. The largest absolute Gasteiger partial charge is 0.461 e. The summed E-state index contributed by atoms with van der Waals surface area (Å²) in [5.74, 6) is -0.227. The molecular formula is C17H18ClNO2. The SMILES string of the molecule is Cc1ccc(NCCC(=O)OCc2cccc(Cl)c2)cc1. The van der Waals surface area contributed by atoms with Crippen LogP contribution in [-0.2, 0) is 16.1 Å². The maximum Gasteiger partial charge on any atom is 0.307 e. The van der Waals surface area contributed by atoms with Crippen LogP contribution in [0.15, 0.2) is 48.5 Å². The maximum atomic E-state index is 11.7. The summed E-state index contributed by atoms with van der Waals surface area (Å²) < 4.78 is 5.20. The Bertz CT molecular complexity index is 596. The van der Waals surface area contributed by atoms with Crippen LogP contribution in [0.5, 0.6) is 0 Å². The van der Waals surface area contributed by atoms with Gasteiger partial charge in [-0.2, -0.15) is 0 Å². The fraction of sp³-hybridized carbons (Fsp3) is 0.235. The molecule has 0 saturated heterocycles. The molecule has 0 aliphatic rings. The van der Waals surface area contributed by atoms with Crippen LogP contribution in [0, 0.1) is 6.92 Å². The maximum absolute atomic E-state index is 11.7. The zero-order valence-electron chi connectivity index (χ0n) is 11.9. The monoisotopic (exact) mass is 303 g/mol. The van der Waals surface area contributed by atoms with Crippen LogP contribution in [0.2, 0.25) is 5.02 Å². The summed E-state index contributed by atoms with van der Waals surface area (Å²) in [5.41, 5.74) is 3.10. The molecule has 0 bridgehead atoms. The zero-order valence-corrected chi connectivity index (χ0v) is 12.7. The number of ether oxygens (including phenoxy) is 1. The third-order valence-electron chi connectivity index (χ3n) is 3.00. The standard InChI is InChI=1S/C17H18ClNO2/c1-13-5-7-16(8-6-13)19-10-9-17(20)21-12-14-3-2-4-15(18)11-14/h2-8,11,19H,9-10,12H2,1H3. The highest BCUT2D eigenvalue weighted by atomic mass is 35.5. The Morgan fingerprint density at radius 3 is 2.67 bits per heavy atom. The second-order valence-corrected chi connectivity index (χ2v) is 5.27. The van der Waals surface area contributed by atoms with Crippen molar-refractivity contribution in [3.8, 4) is 0 Å². The Hall–Kier alpha value is -2.00. The van der Waals surface area contributed by atoms with Gasteiger partial charge < -0.3 is 10.1 Å². The second-order valence-electron chi connectivity index (χ2n) is 4.83. The molecule has 1 N–H and O–H groups in total. The molecule has 0 radical (unpaired) electrons. The predicted octanol–water partition coefficient (Wildman–Crippen LogP) is 4.19. The lowest BCUT2D eigenvalue weighted by atomic mass is 10.2. The van der Waals surface area contributed by atoms with E-state index >= 15 is 0 Å². The van der Waals surface area contributed by atoms with Crippen LogP contribution in [-0.4, -0.2) is 12.5 Å². The summed E-state index contributed by atoms with van der Waals surface area (Å²) in [6, 6.07) is 15.3. The van der Waals surface area contributed by atoms with Gasteiger partial charge >= 0.3 is 5.97 Å². The van der Waals surface area contributed by atoms with Gasteiger partial charge in [0.2, 0.25) is 0 Å². The number of carbonyl (C=O) groups is 1. The third kappa shape index (κ3) is 5.48. The van der Waals surface area contributed by atoms with Crippen LogP contribution >= 0.6 is 11.6 Å². The number of hydrogen-bond donors (Lipinski definition) is 1. The summed E-state index contributed by atoms with van der Waals surface area (Å²) in [6.45, 7) is 2.85. The van der Waals surface area contributed by atoms with Crippen molar-refractivity contribution in [1.82, 2.24) is 0 Å². The van der Waals surface area contributed by atoms with Crippen LogP contribution in [0.25, 0.3) is 0 Å². The minimum atomic E-state index is -0.227. The summed E-state index contributed by atoms with van der Waals surface area (Å²) in [6.07, 6.45) is 0.328. The van der Waals surface area contributed by atoms with Gasteiger partial charge in [-0.3, -0.25) is 4.79 Å². The highest BCUT2D eigenvalue weighted by molar-refractivity contribution is 6.30. The molecule has 4 heteroatoms. The summed E-state index contributed by atoms with van der Waals surface area (Å²) in [5, 5.41) is 3.83. The lowest BCUT2D eigenvalue weighted by molar-refractivity contribution is -0.144. The van der Waals surface area contributed by atoms with Gasteiger partial charge in [-0.25, -0.2) is 0 Å². The summed E-state index contributed by atoms with van der Waals surface area (Å²) in [4.78, 5) is 11.7. The van der Waals surface area contributed by atoms with Gasteiger partial charge in [-0.05, 0) is 36.8 Å². The van der Waals surface area contributed by atoms with Gasteiger partial charge in [0, 0.05) is 17.3 Å². The number of aryl methyl sites for hydroxylation is 1. The van der Waals surface area contributed by atoms with Crippen molar-refractivity contribution in [3.63, 3.8) is 0 Å². The minimum absolute atomic E-state index is 0.227. The lowest BCUT2D eigenvalue weighted by Crippen LogP contribution is -2.11. The van der Waals surface area contributed by atoms with E-state index in [0.717, 1.165) is 11.3 Å². The molecule has 2 rings (SSSR count). The van der Waals surface area contributed by atoms with Gasteiger partial charge in [0.25, 0.3) is 0 Å². The van der Waals surface area contributed by atoms with E-state index in [2.05, 4.69) is 5.32 Å². The average molecular weight is 304 g/mol. The highest BCUT2D eigenvalue weighted by Crippen LogP contribution is 2.12. The van der Waals surface area contributed by atoms with Crippen molar-refractivity contribution < 1.29 is 9.53 Å². The van der Waals surface area contributed by atoms with E-state index in [0.29, 0.717) is 18.0 Å². The van der Waals surface area contributed by atoms with Crippen molar-refractivity contribution in [3.05, 3.63) is 64.7 Å². The van der Waals surface area contributed by atoms with Crippen LogP contribution in [0.1, 0.15) is 17.5 Å². The fourth-order valence-corrected chi connectivity index (χ4v) is 2.06. The molecule has 3 nitrogen and oxygen atoms in total. The molecule has 21 heavy (non-hydrogen) atoms. The van der Waals surface area contributed by atoms with E-state index in [-0.39, 0.29) is 12.6 Å². The van der Waals surface area contributed by atoms with Crippen LogP contribution < -0.4 is 5.32 Å². The van der Waals surface area contributed by atoms with E-state index in [1.54, 1.807) is 12.1 Å². The molecule has 0 aliphatic carbocycles. The predicted molar refractivity (Wildman–Crippen MR) is 85.5 cm³/mol. The molecule has 110 valence electrons. The molecule has 0 spiro atoms. The average Bonchev–Trinajstić information content (AvgIpc) is 2.47. The Kier molecular flexibility index (Phi) is 5.64. The summed E-state index contributed by atoms with van der Waals surface area (Å²) in [7, 11) is 0. The number of halogens is 1. The molecule has 0 amide bonds. The number of hydrogen-bond acceptors (Lipinski definition) is 3. The topological polar surface area (TPSA) is 38.3 Å². The van der Waals surface area contributed by atoms with E-state index in [9.17, 15) is 4.79 Å². The molecular weight excluding hydrogens is 286 g/mol. The normalized spacial score (nSPS) is 10.2. The molecule has 0 aliphatic heterocycles. The number of anilines is 1. The highest BCUT2D eigenvalue weighted by Gasteiger charge is 2.03. The molecule has 0 unspecified atom stereocenters. The Labute approximate surface area is 129 Å². The number of nitrogens with one attached hydrogen (secondary N) is 1. The molecule has 2 aromatic carbocycles. The minimum Gasteiger partial charge on any atom is -0.461 e. The first-order valence-corrected chi connectivity index (χ1v) is 7.22. The molecule has 0 fully saturated rings. The van der Waals surface area contributed by atoms with E-state index in [1.807, 2.05) is 43.3 Å². The molecule has 2 aromatic rings. The van der Waals surface area contributed by atoms with Crippen molar-refractivity contribution >= 4 is 23.3 Å². The molecule has 0 heterocycles. The Balaban J connectivity index is 1.69. The lowest BCUT2D eigenvalue weighted by Gasteiger charge is -2.07. The Morgan fingerprint density at radius 1 is 1.19 bits per heavy atom. The first kappa shape index (κ1) is 15.4. The number of rotatable bonds is 6. The van der Waals surface area contributed by atoms with E-state index in [4.69, 9.17) is 16.3 Å². The fourth-order valence-electron chi connectivity index (χ4n) is 1.84. The smallest absolute Gasteiger partial charge is 0.307 e. The van der Waals surface area contributed by atoms with E-state index < -0.39 is 0 Å². The quantitative estimate of drug-likeness (QED) is 0.813. The van der Waals surface area contributed by atoms with Crippen LogP contribution in [0.3, 0.4) is 0 Å². The van der Waals surface area contributed by atoms with E-state index in [1.165, 1.54) is 5.56 Å². The van der Waals surface area contributed by atoms with Gasteiger partial charge in [0.1, 0.15) is 6.61 Å². The number of benzene rings is 2. The summed E-state index contributed by atoms with van der Waals surface area (Å²) >= 11 is 5.87. The van der Waals surface area contributed by atoms with Gasteiger partial charge in [0.05, 0.1) is 6.42 Å². The van der Waals surface area contributed by atoms with Gasteiger partial charge in [0.15, 0.2) is 0 Å². The van der Waals surface area contributed by atoms with Gasteiger partial charge in [-0.1, -0.05) is 41.4 Å². The molecule has 0 saturated carbocycles. The zero-order chi connectivity index (χ0) is 15.1. The third-order valence-corrected chi connectivity index (χ3v) is 3.23. The van der Waals surface area contributed by atoms with Gasteiger partial charge in [-0.15, -0.1) is 0 Å². The van der Waals surface area contributed by atoms with Crippen molar-refractivity contribution in [2.24, 2.45) is 0 Å². The van der Waals surface area contributed by atoms with Crippen LogP contribution in [0.4, 0.5) is 5.69 Å². The first-order chi connectivity index (χ1) is 10.1. The van der Waals surface area contributed by atoms with Crippen molar-refractivity contribution in [1.29, 1.82) is 0 Å². The van der Waals surface area contributed by atoms with Crippen molar-refractivity contribution in [2.75, 3.05) is 11.9 Å². The van der Waals surface area contributed by atoms with Crippen molar-refractivity contribution in [2.45, 2.75) is 20.0 Å². The number of esters is 1. The Morgan fingerprint density at radius 2 is 1.95 bits per heavy atom. The second kappa shape index (κ2) is 7.70. The number of carbonyl (C=O) groups excluding carboxylic acids is 1. The molecule has 0 aromatic heterocycles.